The average Bonchev–Trinajstić information content (AvgIpc) is 3.05. The summed E-state index contributed by atoms with van der Waals surface area (Å²) in [5.74, 6) is 0.300. The van der Waals surface area contributed by atoms with Crippen molar-refractivity contribution in [2.24, 2.45) is 4.99 Å². The number of hydrogen-bond donors (Lipinski definition) is 0. The topological polar surface area (TPSA) is 12.4 Å². The minimum atomic E-state index is 0.300. The summed E-state index contributed by atoms with van der Waals surface area (Å²) in [5.41, 5.74) is 9.98. The maximum Gasteiger partial charge on any atom is 0.0688 e. The first kappa shape index (κ1) is 16.5. The highest BCUT2D eigenvalue weighted by molar-refractivity contribution is 5.86. The predicted molar refractivity (Wildman–Crippen MR) is 112 cm³/mol. The number of rotatable bonds is 3. The molecular formula is C25H23N. The van der Waals surface area contributed by atoms with E-state index < -0.39 is 0 Å². The zero-order valence-electron chi connectivity index (χ0n) is 15.5. The minimum absolute atomic E-state index is 0.300. The smallest absolute Gasteiger partial charge is 0.0688 e. The second-order valence-corrected chi connectivity index (χ2v) is 7.10. The van der Waals surface area contributed by atoms with Crippen LogP contribution in [0, 0.1) is 20.8 Å². The normalized spacial score (nSPS) is 15.6. The van der Waals surface area contributed by atoms with Crippen molar-refractivity contribution >= 4 is 18.0 Å². The van der Waals surface area contributed by atoms with Crippen molar-refractivity contribution in [3.8, 4) is 0 Å². The molecule has 0 bridgehead atoms. The molecule has 0 aliphatic heterocycles. The van der Waals surface area contributed by atoms with Crippen LogP contribution in [0.25, 0.3) is 6.08 Å². The fourth-order valence-electron chi connectivity index (χ4n) is 3.94. The first-order valence-electron chi connectivity index (χ1n) is 9.11. The molecule has 0 N–H and O–H groups in total. The van der Waals surface area contributed by atoms with Crippen LogP contribution in [0.15, 0.2) is 71.7 Å². The Morgan fingerprint density at radius 3 is 2.23 bits per heavy atom. The quantitative estimate of drug-likeness (QED) is 0.482. The summed E-state index contributed by atoms with van der Waals surface area (Å²) >= 11 is 0. The lowest BCUT2D eigenvalue weighted by atomic mass is 9.90. The van der Waals surface area contributed by atoms with Crippen LogP contribution < -0.4 is 0 Å². The third kappa shape index (κ3) is 3.01. The molecule has 3 aromatic carbocycles. The van der Waals surface area contributed by atoms with Gasteiger partial charge in [0.2, 0.25) is 0 Å². The lowest BCUT2D eigenvalue weighted by Gasteiger charge is -2.14. The van der Waals surface area contributed by atoms with Crippen molar-refractivity contribution in [2.45, 2.75) is 26.7 Å². The Morgan fingerprint density at radius 2 is 1.46 bits per heavy atom. The summed E-state index contributed by atoms with van der Waals surface area (Å²) in [6.07, 6.45) is 6.54. The highest BCUT2D eigenvalue weighted by atomic mass is 14.7. The van der Waals surface area contributed by atoms with E-state index in [0.29, 0.717) is 5.92 Å². The molecule has 4 rings (SSSR count). The molecule has 1 aliphatic carbocycles. The maximum atomic E-state index is 4.86. The van der Waals surface area contributed by atoms with Gasteiger partial charge < -0.3 is 0 Å². The Labute approximate surface area is 155 Å². The molecule has 1 heteroatoms. The van der Waals surface area contributed by atoms with Crippen LogP contribution in [0.1, 0.15) is 44.9 Å². The Bertz CT molecular complexity index is 1000. The van der Waals surface area contributed by atoms with Crippen LogP contribution in [0.3, 0.4) is 0 Å². The van der Waals surface area contributed by atoms with Gasteiger partial charge in [0.15, 0.2) is 0 Å². The first-order chi connectivity index (χ1) is 12.6. The summed E-state index contributed by atoms with van der Waals surface area (Å²) in [4.78, 5) is 4.86. The van der Waals surface area contributed by atoms with Crippen LogP contribution in [0.4, 0.5) is 5.69 Å². The molecule has 0 saturated carbocycles. The van der Waals surface area contributed by atoms with Gasteiger partial charge in [0.1, 0.15) is 0 Å². The van der Waals surface area contributed by atoms with Crippen LogP contribution >= 0.6 is 0 Å². The van der Waals surface area contributed by atoms with Gasteiger partial charge >= 0.3 is 0 Å². The second kappa shape index (κ2) is 6.76. The molecule has 1 atom stereocenters. The highest BCUT2D eigenvalue weighted by Gasteiger charge is 2.20. The number of hydrogen-bond acceptors (Lipinski definition) is 1. The third-order valence-electron chi connectivity index (χ3n) is 5.10. The summed E-state index contributed by atoms with van der Waals surface area (Å²) in [6, 6.07) is 21.6. The third-order valence-corrected chi connectivity index (χ3v) is 5.10. The van der Waals surface area contributed by atoms with E-state index in [4.69, 9.17) is 4.99 Å². The van der Waals surface area contributed by atoms with Gasteiger partial charge in [0.25, 0.3) is 0 Å². The fraction of sp³-hybridized carbons (Fsp3) is 0.160. The molecule has 0 heterocycles. The molecular weight excluding hydrogens is 314 g/mol. The lowest BCUT2D eigenvalue weighted by Crippen LogP contribution is -2.00. The predicted octanol–water partition coefficient (Wildman–Crippen LogP) is 6.52. The van der Waals surface area contributed by atoms with Gasteiger partial charge in [-0.3, -0.25) is 4.99 Å². The van der Waals surface area contributed by atoms with Crippen molar-refractivity contribution in [1.82, 2.24) is 0 Å². The molecule has 0 amide bonds. The molecule has 26 heavy (non-hydrogen) atoms. The summed E-state index contributed by atoms with van der Waals surface area (Å²) < 4.78 is 0. The van der Waals surface area contributed by atoms with Crippen LogP contribution in [-0.4, -0.2) is 6.21 Å². The first-order valence-corrected chi connectivity index (χ1v) is 9.11. The summed E-state index contributed by atoms with van der Waals surface area (Å²) in [7, 11) is 0. The van der Waals surface area contributed by atoms with Gasteiger partial charge in [-0.05, 0) is 54.2 Å². The molecule has 0 spiro atoms. The fourth-order valence-corrected chi connectivity index (χ4v) is 3.94. The van der Waals surface area contributed by atoms with E-state index in [1.807, 2.05) is 6.21 Å². The number of benzene rings is 3. The Kier molecular flexibility index (Phi) is 4.30. The van der Waals surface area contributed by atoms with Crippen LogP contribution in [0.5, 0.6) is 0 Å². The number of nitrogens with zero attached hydrogens (tertiary/aromatic N) is 1. The van der Waals surface area contributed by atoms with Crippen molar-refractivity contribution in [3.05, 3.63) is 106 Å². The number of aryl methyl sites for hydroxylation is 3. The standard InChI is InChI=1S/C25H23N/c1-17-14-18(2)25(19(3)15-17)26-16-21-9-5-7-11-23(21)24-13-12-20-8-4-6-10-22(20)24/h4-16,24H,1-3H3. The van der Waals surface area contributed by atoms with Gasteiger partial charge in [-0.25, -0.2) is 0 Å². The van der Waals surface area contributed by atoms with Gasteiger partial charge in [-0.2, -0.15) is 0 Å². The second-order valence-electron chi connectivity index (χ2n) is 7.10. The average molecular weight is 337 g/mol. The van der Waals surface area contributed by atoms with E-state index in [0.717, 1.165) is 5.69 Å². The number of fused-ring (bicyclic) bond motifs is 1. The molecule has 1 nitrogen and oxygen atoms in total. The van der Waals surface area contributed by atoms with Crippen LogP contribution in [-0.2, 0) is 0 Å². The zero-order valence-corrected chi connectivity index (χ0v) is 15.5. The molecule has 0 radical (unpaired) electrons. The summed E-state index contributed by atoms with van der Waals surface area (Å²) in [5, 5.41) is 0. The van der Waals surface area contributed by atoms with Crippen LogP contribution in [0.2, 0.25) is 0 Å². The van der Waals surface area contributed by atoms with Crippen molar-refractivity contribution in [3.63, 3.8) is 0 Å². The van der Waals surface area contributed by atoms with Gasteiger partial charge in [0.05, 0.1) is 5.69 Å². The molecule has 3 aromatic rings. The monoisotopic (exact) mass is 337 g/mol. The van der Waals surface area contributed by atoms with E-state index in [1.54, 1.807) is 0 Å². The van der Waals surface area contributed by atoms with E-state index >= 15 is 0 Å². The number of allylic oxidation sites excluding steroid dienone is 1. The van der Waals surface area contributed by atoms with E-state index in [-0.39, 0.29) is 0 Å². The molecule has 0 saturated heterocycles. The molecule has 0 fully saturated rings. The molecule has 1 unspecified atom stereocenters. The van der Waals surface area contributed by atoms with Gasteiger partial charge in [0, 0.05) is 12.1 Å². The van der Waals surface area contributed by atoms with Gasteiger partial charge in [-0.1, -0.05) is 78.4 Å². The largest absolute Gasteiger partial charge is 0.256 e. The molecule has 0 aromatic heterocycles. The van der Waals surface area contributed by atoms with E-state index in [2.05, 4.69) is 93.6 Å². The number of aliphatic imine (C=N–C) groups is 1. The van der Waals surface area contributed by atoms with Gasteiger partial charge in [-0.15, -0.1) is 0 Å². The Balaban J connectivity index is 1.73. The highest BCUT2D eigenvalue weighted by Crippen LogP contribution is 2.36. The zero-order chi connectivity index (χ0) is 18.1. The van der Waals surface area contributed by atoms with Crippen molar-refractivity contribution < 1.29 is 0 Å². The Hall–Kier alpha value is -2.93. The maximum absolute atomic E-state index is 4.86. The minimum Gasteiger partial charge on any atom is -0.256 e. The van der Waals surface area contributed by atoms with E-state index in [9.17, 15) is 0 Å². The van der Waals surface area contributed by atoms with E-state index in [1.165, 1.54) is 38.9 Å². The van der Waals surface area contributed by atoms with Crippen molar-refractivity contribution in [2.75, 3.05) is 0 Å². The lowest BCUT2D eigenvalue weighted by molar-refractivity contribution is 1.05. The Morgan fingerprint density at radius 1 is 0.808 bits per heavy atom. The molecule has 128 valence electrons. The SMILES string of the molecule is Cc1cc(C)c(N=Cc2ccccc2C2C=Cc3ccccc32)c(C)c1. The summed E-state index contributed by atoms with van der Waals surface area (Å²) in [6.45, 7) is 6.40. The molecule has 1 aliphatic rings. The van der Waals surface area contributed by atoms with Crippen molar-refractivity contribution in [1.29, 1.82) is 0 Å².